The van der Waals surface area contributed by atoms with Crippen molar-refractivity contribution in [3.8, 4) is 5.75 Å². The molecule has 1 fully saturated rings. The van der Waals surface area contributed by atoms with Gasteiger partial charge in [0, 0.05) is 37.1 Å². The minimum absolute atomic E-state index is 0.00302. The minimum Gasteiger partial charge on any atom is -0.506 e. The van der Waals surface area contributed by atoms with E-state index < -0.39 is 38.9 Å². The number of hydrogen-bond acceptors (Lipinski definition) is 11. The van der Waals surface area contributed by atoms with Gasteiger partial charge in [-0.25, -0.2) is 13.1 Å². The number of aliphatic hydroxyl groups is 1. The van der Waals surface area contributed by atoms with Crippen molar-refractivity contribution in [1.29, 1.82) is 0 Å². The molecule has 17 heteroatoms. The largest absolute Gasteiger partial charge is 0.506 e. The molecule has 4 rings (SSSR count). The Balaban J connectivity index is 1.28. The van der Waals surface area contributed by atoms with Gasteiger partial charge in [-0.1, -0.05) is 6.07 Å². The molecule has 15 nitrogen and oxygen atoms in total. The maximum Gasteiger partial charge on any atom is 0.345 e. The summed E-state index contributed by atoms with van der Waals surface area (Å²) in [6.07, 6.45) is 1.70. The Morgan fingerprint density at radius 1 is 1.20 bits per heavy atom. The molecule has 2 aliphatic heterocycles. The van der Waals surface area contributed by atoms with E-state index in [-0.39, 0.29) is 35.7 Å². The number of anilines is 3. The Morgan fingerprint density at radius 2 is 1.88 bits per heavy atom. The number of sulfonamides is 1. The first-order valence-corrected chi connectivity index (χ1v) is 15.8. The summed E-state index contributed by atoms with van der Waals surface area (Å²) in [5, 5.41) is 35.5. The average Bonchev–Trinajstić information content (AvgIpc) is 3.20. The predicted molar refractivity (Wildman–Crippen MR) is 154 cm³/mol. The molecule has 0 bridgehead atoms. The van der Waals surface area contributed by atoms with Crippen molar-refractivity contribution in [2.75, 3.05) is 47.4 Å². The zero-order valence-electron chi connectivity index (χ0n) is 22.0. The molecule has 0 aliphatic carbocycles. The summed E-state index contributed by atoms with van der Waals surface area (Å²) in [7, 11) is -7.58. The summed E-state index contributed by atoms with van der Waals surface area (Å²) in [4.78, 5) is 16.7. The van der Waals surface area contributed by atoms with Gasteiger partial charge in [-0.3, -0.25) is 14.5 Å². The molecule has 2 aromatic rings. The van der Waals surface area contributed by atoms with E-state index in [0.717, 1.165) is 37.9 Å². The highest BCUT2D eigenvalue weighted by atomic mass is 32.2. The zero-order valence-corrected chi connectivity index (χ0v) is 23.6. The zero-order chi connectivity index (χ0) is 29.8. The number of carbonyl (C=O) groups is 1. The van der Waals surface area contributed by atoms with Crippen LogP contribution in [0.3, 0.4) is 0 Å². The molecule has 0 aromatic heterocycles. The Kier molecular flexibility index (Phi) is 9.01. The highest BCUT2D eigenvalue weighted by molar-refractivity contribution is 7.92. The summed E-state index contributed by atoms with van der Waals surface area (Å²) < 4.78 is 54.4. The number of aliphatic hydroxyl groups excluding tert-OH is 1. The second-order valence-electron chi connectivity index (χ2n) is 9.58. The normalized spacial score (nSPS) is 18.9. The van der Waals surface area contributed by atoms with Crippen molar-refractivity contribution in [3.05, 3.63) is 48.0 Å². The van der Waals surface area contributed by atoms with Gasteiger partial charge in [0.25, 0.3) is 0 Å². The van der Waals surface area contributed by atoms with Crippen LogP contribution in [0.5, 0.6) is 5.75 Å². The number of carboxylic acids is 1. The molecule has 0 unspecified atom stereocenters. The molecule has 0 amide bonds. The fourth-order valence-corrected chi connectivity index (χ4v) is 5.75. The molecule has 0 saturated carbocycles. The first kappa shape index (κ1) is 30.0. The smallest absolute Gasteiger partial charge is 0.345 e. The molecule has 2 aromatic carbocycles. The summed E-state index contributed by atoms with van der Waals surface area (Å²) in [5.74, 6) is -1.71. The fraction of sp³-hybridized carbons (Fsp3) is 0.375. The first-order valence-electron chi connectivity index (χ1n) is 12.5. The van der Waals surface area contributed by atoms with E-state index in [1.54, 1.807) is 12.1 Å². The maximum absolute atomic E-state index is 11.8. The van der Waals surface area contributed by atoms with Gasteiger partial charge in [0.05, 0.1) is 18.0 Å². The molecular weight excluding hydrogens is 578 g/mol. The second kappa shape index (κ2) is 12.3. The number of piperidine rings is 1. The lowest BCUT2D eigenvalue weighted by molar-refractivity contribution is -0.135. The Labute approximate surface area is 237 Å². The first-order chi connectivity index (χ1) is 19.3. The highest BCUT2D eigenvalue weighted by Gasteiger charge is 2.27. The molecule has 0 spiro atoms. The van der Waals surface area contributed by atoms with E-state index in [4.69, 9.17) is 5.11 Å². The molecule has 1 atom stereocenters. The van der Waals surface area contributed by atoms with Crippen molar-refractivity contribution in [2.24, 2.45) is 9.39 Å². The molecular formula is C24H31N7O8S2. The molecule has 7 N–H and O–H groups in total. The molecule has 2 aliphatic rings. The number of phenolic OH excluding ortho intramolecular Hbond substituents is 1. The number of carboxylic acid groups (broad SMARTS) is 1. The van der Waals surface area contributed by atoms with Gasteiger partial charge >= 0.3 is 16.2 Å². The van der Waals surface area contributed by atoms with Crippen LogP contribution < -0.4 is 25.0 Å². The third kappa shape index (κ3) is 8.53. The lowest BCUT2D eigenvalue weighted by Crippen LogP contribution is -2.43. The molecule has 222 valence electrons. The monoisotopic (exact) mass is 609 g/mol. The van der Waals surface area contributed by atoms with Crippen LogP contribution >= 0.6 is 0 Å². The van der Waals surface area contributed by atoms with Crippen LogP contribution in [0.15, 0.2) is 51.9 Å². The number of nitrogens with one attached hydrogen (secondary N) is 4. The minimum atomic E-state index is -3.99. The van der Waals surface area contributed by atoms with E-state index in [2.05, 4.69) is 34.4 Å². The van der Waals surface area contributed by atoms with E-state index in [1.165, 1.54) is 18.2 Å². The van der Waals surface area contributed by atoms with Crippen molar-refractivity contribution in [1.82, 2.24) is 10.0 Å². The van der Waals surface area contributed by atoms with Crippen LogP contribution in [0.4, 0.5) is 17.1 Å². The maximum atomic E-state index is 11.8. The highest BCUT2D eigenvalue weighted by Crippen LogP contribution is 2.28. The Morgan fingerprint density at radius 3 is 2.51 bits per heavy atom. The van der Waals surface area contributed by atoms with E-state index in [1.807, 2.05) is 12.1 Å². The van der Waals surface area contributed by atoms with Crippen LogP contribution in [0.25, 0.3) is 0 Å². The van der Waals surface area contributed by atoms with Crippen molar-refractivity contribution in [2.45, 2.75) is 25.0 Å². The van der Waals surface area contributed by atoms with Crippen molar-refractivity contribution in [3.63, 3.8) is 0 Å². The molecule has 2 heterocycles. The molecule has 1 saturated heterocycles. The Bertz CT molecular complexity index is 1550. The van der Waals surface area contributed by atoms with Crippen LogP contribution in [0.2, 0.25) is 0 Å². The van der Waals surface area contributed by atoms with Gasteiger partial charge in [-0.05, 0) is 54.8 Å². The number of nitrogens with zero attached hydrogens (tertiary/aromatic N) is 3. The number of phenols is 1. The number of amidine groups is 2. The standard InChI is InChI=1S/C24H31N7O8S2/c1-40(36,37)28-19-12-15(2-7-20(19)32)21(33)13-25-16-8-10-31(11-9-16)18-5-3-17(4-6-18)27-24-23(26-14-22(34)35)29-41(38,39)30-24/h2-7,12,16,21,25,28,32-33H,8-11,13-14H2,1H3,(H,26,29)(H,27,30)(H,34,35)/t21-/m0/s1. The summed E-state index contributed by atoms with van der Waals surface area (Å²) in [6, 6.07) is 11.7. The number of aliphatic imine (C=N–C) groups is 1. The molecule has 41 heavy (non-hydrogen) atoms. The van der Waals surface area contributed by atoms with Crippen LogP contribution in [0.1, 0.15) is 24.5 Å². The van der Waals surface area contributed by atoms with E-state index >= 15 is 0 Å². The number of rotatable bonds is 10. The van der Waals surface area contributed by atoms with Crippen molar-refractivity contribution >= 4 is 54.9 Å². The van der Waals surface area contributed by atoms with Gasteiger partial charge < -0.3 is 30.9 Å². The lowest BCUT2D eigenvalue weighted by Gasteiger charge is -2.34. The van der Waals surface area contributed by atoms with E-state index in [9.17, 15) is 31.8 Å². The summed E-state index contributed by atoms with van der Waals surface area (Å²) in [6.45, 7) is 1.15. The van der Waals surface area contributed by atoms with Crippen LogP contribution in [-0.2, 0) is 25.0 Å². The van der Waals surface area contributed by atoms with Crippen LogP contribution in [0, 0.1) is 0 Å². The fourth-order valence-electron chi connectivity index (χ4n) is 4.37. The third-order valence-corrected chi connectivity index (χ3v) is 7.79. The topological polar surface area (TPSA) is 222 Å². The van der Waals surface area contributed by atoms with Gasteiger partial charge in [0.1, 0.15) is 12.3 Å². The third-order valence-electron chi connectivity index (χ3n) is 6.32. The summed E-state index contributed by atoms with van der Waals surface area (Å²) >= 11 is 0. The SMILES string of the molecule is CS(=O)(=O)Nc1cc([C@@H](O)CNC2CCN(c3ccc(NC4=NS(=O)(=O)NC4=NCC(=O)O)cc3)CC2)ccc1O. The van der Waals surface area contributed by atoms with Gasteiger partial charge in [0.15, 0.2) is 11.7 Å². The number of benzene rings is 2. The number of hydrogen-bond donors (Lipinski definition) is 7. The number of aromatic hydroxyl groups is 1. The van der Waals surface area contributed by atoms with Gasteiger partial charge in [-0.15, -0.1) is 4.40 Å². The summed E-state index contributed by atoms with van der Waals surface area (Å²) in [5.41, 5.74) is 1.97. The van der Waals surface area contributed by atoms with Gasteiger partial charge in [-0.2, -0.15) is 8.42 Å². The second-order valence-corrected chi connectivity index (χ2v) is 12.7. The number of aliphatic carboxylic acids is 1. The van der Waals surface area contributed by atoms with Crippen LogP contribution in [-0.4, -0.2) is 88.3 Å². The predicted octanol–water partition coefficient (Wildman–Crippen LogP) is 0.197. The Hall–Kier alpha value is -3.93. The van der Waals surface area contributed by atoms with Gasteiger partial charge in [0.2, 0.25) is 10.0 Å². The lowest BCUT2D eigenvalue weighted by atomic mass is 10.0. The quantitative estimate of drug-likeness (QED) is 0.180. The molecule has 0 radical (unpaired) electrons. The van der Waals surface area contributed by atoms with Crippen molar-refractivity contribution < 1.29 is 36.9 Å². The average molecular weight is 610 g/mol. The van der Waals surface area contributed by atoms with E-state index in [0.29, 0.717) is 11.3 Å².